The first-order valence-electron chi connectivity index (χ1n) is 4.95. The van der Waals surface area contributed by atoms with Crippen LogP contribution in [0.3, 0.4) is 0 Å². The van der Waals surface area contributed by atoms with Crippen LogP contribution in [-0.4, -0.2) is 36.9 Å². The van der Waals surface area contributed by atoms with Crippen LogP contribution in [0.25, 0.3) is 0 Å². The van der Waals surface area contributed by atoms with Crippen molar-refractivity contribution in [1.82, 2.24) is 0 Å². The molecule has 15 heavy (non-hydrogen) atoms. The van der Waals surface area contributed by atoms with E-state index in [0.29, 0.717) is 6.42 Å². The minimum absolute atomic E-state index is 0.144. The molecule has 1 fully saturated rings. The Morgan fingerprint density at radius 1 is 1.33 bits per heavy atom. The van der Waals surface area contributed by atoms with Crippen LogP contribution in [0.4, 0.5) is 0 Å². The normalized spacial score (nSPS) is 29.9. The van der Waals surface area contributed by atoms with Crippen LogP contribution in [-0.2, 0) is 23.8 Å². The predicted molar refractivity (Wildman–Crippen MR) is 51.1 cm³/mol. The largest absolute Gasteiger partial charge is 0.463 e. The number of carbonyl (C=O) groups excluding carboxylic acids is 2. The Morgan fingerprint density at radius 2 is 2.00 bits per heavy atom. The fourth-order valence-corrected chi connectivity index (χ4v) is 1.57. The van der Waals surface area contributed by atoms with Crippen molar-refractivity contribution in [3.8, 4) is 0 Å². The number of ether oxygens (including phenoxy) is 3. The third kappa shape index (κ3) is 3.87. The molecule has 1 aliphatic rings. The molecule has 0 amide bonds. The lowest BCUT2D eigenvalue weighted by molar-refractivity contribution is -0.148. The second-order valence-corrected chi connectivity index (χ2v) is 3.65. The van der Waals surface area contributed by atoms with Gasteiger partial charge in [-0.3, -0.25) is 9.59 Å². The van der Waals surface area contributed by atoms with Gasteiger partial charge < -0.3 is 14.2 Å². The molecule has 0 bridgehead atoms. The maximum atomic E-state index is 10.8. The van der Waals surface area contributed by atoms with Crippen LogP contribution in [0.15, 0.2) is 0 Å². The highest BCUT2D eigenvalue weighted by Gasteiger charge is 2.34. The van der Waals surface area contributed by atoms with Crippen LogP contribution in [0.2, 0.25) is 0 Å². The van der Waals surface area contributed by atoms with E-state index >= 15 is 0 Å². The summed E-state index contributed by atoms with van der Waals surface area (Å²) in [6.45, 7) is 4.77. The summed E-state index contributed by atoms with van der Waals surface area (Å²) >= 11 is 0. The van der Waals surface area contributed by atoms with Gasteiger partial charge in [0.25, 0.3) is 0 Å². The van der Waals surface area contributed by atoms with E-state index in [2.05, 4.69) is 0 Å². The number of carbonyl (C=O) groups is 2. The molecule has 0 aromatic carbocycles. The van der Waals surface area contributed by atoms with Crippen molar-refractivity contribution in [3.05, 3.63) is 0 Å². The van der Waals surface area contributed by atoms with Gasteiger partial charge in [-0.1, -0.05) is 0 Å². The predicted octanol–water partition coefficient (Wildman–Crippen LogP) is 0.659. The van der Waals surface area contributed by atoms with E-state index in [-0.39, 0.29) is 36.9 Å². The second kappa shape index (κ2) is 5.11. The van der Waals surface area contributed by atoms with Gasteiger partial charge in [0, 0.05) is 20.3 Å². The fourth-order valence-electron chi connectivity index (χ4n) is 1.57. The molecular weight excluding hydrogens is 200 g/mol. The molecule has 0 aliphatic carbocycles. The standard InChI is InChI=1S/C10H16O5/c1-6-10(15-8(3)12)4-9(14-6)5-13-7(2)11/h6,9-10H,4-5H2,1-3H3/t6-,9-,10+/m0/s1. The summed E-state index contributed by atoms with van der Waals surface area (Å²) in [5.41, 5.74) is 0. The fraction of sp³-hybridized carbons (Fsp3) is 0.800. The van der Waals surface area contributed by atoms with Crippen LogP contribution in [0.5, 0.6) is 0 Å². The maximum absolute atomic E-state index is 10.8. The second-order valence-electron chi connectivity index (χ2n) is 3.65. The van der Waals surface area contributed by atoms with Gasteiger partial charge >= 0.3 is 11.9 Å². The molecule has 1 rings (SSSR count). The zero-order valence-corrected chi connectivity index (χ0v) is 9.19. The van der Waals surface area contributed by atoms with Crippen molar-refractivity contribution < 1.29 is 23.8 Å². The van der Waals surface area contributed by atoms with E-state index < -0.39 is 0 Å². The molecule has 3 atom stereocenters. The van der Waals surface area contributed by atoms with E-state index in [1.54, 1.807) is 0 Å². The third-order valence-electron chi connectivity index (χ3n) is 2.22. The van der Waals surface area contributed by atoms with E-state index in [1.165, 1.54) is 13.8 Å². The molecule has 0 saturated carbocycles. The molecule has 5 nitrogen and oxygen atoms in total. The first-order chi connectivity index (χ1) is 6.99. The Kier molecular flexibility index (Phi) is 4.08. The molecule has 1 aliphatic heterocycles. The SMILES string of the molecule is CC(=O)OC[C@@H]1C[C@@H](OC(C)=O)[C@H](C)O1. The van der Waals surface area contributed by atoms with Crippen molar-refractivity contribution in [3.63, 3.8) is 0 Å². The lowest BCUT2D eigenvalue weighted by Gasteiger charge is -2.12. The van der Waals surface area contributed by atoms with Crippen molar-refractivity contribution >= 4 is 11.9 Å². The lowest BCUT2D eigenvalue weighted by atomic mass is 10.1. The van der Waals surface area contributed by atoms with Crippen molar-refractivity contribution in [2.45, 2.75) is 45.5 Å². The van der Waals surface area contributed by atoms with Crippen LogP contribution < -0.4 is 0 Å². The molecule has 0 N–H and O–H groups in total. The van der Waals surface area contributed by atoms with Gasteiger partial charge in [0.05, 0.1) is 12.2 Å². The third-order valence-corrected chi connectivity index (χ3v) is 2.22. The van der Waals surface area contributed by atoms with Gasteiger partial charge in [0.1, 0.15) is 12.7 Å². The van der Waals surface area contributed by atoms with Crippen LogP contribution in [0.1, 0.15) is 27.2 Å². The molecule has 0 radical (unpaired) electrons. The summed E-state index contributed by atoms with van der Waals surface area (Å²) in [6.07, 6.45) is 0.0272. The molecular formula is C10H16O5. The molecule has 86 valence electrons. The number of hydrogen-bond donors (Lipinski definition) is 0. The van der Waals surface area contributed by atoms with Crippen LogP contribution >= 0.6 is 0 Å². The summed E-state index contributed by atoms with van der Waals surface area (Å²) in [7, 11) is 0. The molecule has 0 spiro atoms. The monoisotopic (exact) mass is 216 g/mol. The highest BCUT2D eigenvalue weighted by Crippen LogP contribution is 2.23. The van der Waals surface area contributed by atoms with Gasteiger partial charge in [-0.05, 0) is 6.92 Å². The van der Waals surface area contributed by atoms with Gasteiger partial charge in [0.2, 0.25) is 0 Å². The average molecular weight is 216 g/mol. The molecule has 1 saturated heterocycles. The van der Waals surface area contributed by atoms with Crippen LogP contribution in [0, 0.1) is 0 Å². The molecule has 1 heterocycles. The molecule has 0 aromatic heterocycles. The number of rotatable bonds is 3. The minimum Gasteiger partial charge on any atom is -0.463 e. The van der Waals surface area contributed by atoms with E-state index in [1.807, 2.05) is 6.92 Å². The molecule has 0 aromatic rings. The Balaban J connectivity index is 2.34. The Morgan fingerprint density at radius 3 is 2.53 bits per heavy atom. The average Bonchev–Trinajstić information content (AvgIpc) is 2.43. The first kappa shape index (κ1) is 12.0. The lowest BCUT2D eigenvalue weighted by Crippen LogP contribution is -2.23. The van der Waals surface area contributed by atoms with E-state index in [9.17, 15) is 9.59 Å². The Labute approximate surface area is 88.7 Å². The summed E-state index contributed by atoms with van der Waals surface area (Å²) in [4.78, 5) is 21.3. The highest BCUT2D eigenvalue weighted by atomic mass is 16.6. The smallest absolute Gasteiger partial charge is 0.302 e. The highest BCUT2D eigenvalue weighted by molar-refractivity contribution is 5.66. The van der Waals surface area contributed by atoms with E-state index in [4.69, 9.17) is 14.2 Å². The number of esters is 2. The maximum Gasteiger partial charge on any atom is 0.302 e. The topological polar surface area (TPSA) is 61.8 Å². The van der Waals surface area contributed by atoms with Crippen molar-refractivity contribution in [2.75, 3.05) is 6.61 Å². The van der Waals surface area contributed by atoms with Gasteiger partial charge in [-0.15, -0.1) is 0 Å². The van der Waals surface area contributed by atoms with Gasteiger partial charge in [0.15, 0.2) is 0 Å². The Hall–Kier alpha value is -1.10. The number of hydrogen-bond acceptors (Lipinski definition) is 5. The quantitative estimate of drug-likeness (QED) is 0.648. The Bertz CT molecular complexity index is 250. The van der Waals surface area contributed by atoms with Gasteiger partial charge in [-0.2, -0.15) is 0 Å². The van der Waals surface area contributed by atoms with Crippen molar-refractivity contribution in [2.24, 2.45) is 0 Å². The summed E-state index contributed by atoms with van der Waals surface area (Å²) in [5.74, 6) is -0.647. The van der Waals surface area contributed by atoms with Gasteiger partial charge in [-0.25, -0.2) is 0 Å². The first-order valence-corrected chi connectivity index (χ1v) is 4.95. The molecule has 5 heteroatoms. The van der Waals surface area contributed by atoms with Crippen molar-refractivity contribution in [1.29, 1.82) is 0 Å². The van der Waals surface area contributed by atoms with E-state index in [0.717, 1.165) is 0 Å². The molecule has 0 unspecified atom stereocenters. The summed E-state index contributed by atoms with van der Waals surface area (Å²) in [6, 6.07) is 0. The zero-order chi connectivity index (χ0) is 11.4. The summed E-state index contributed by atoms with van der Waals surface area (Å²) < 4.78 is 15.3. The minimum atomic E-state index is -0.331. The summed E-state index contributed by atoms with van der Waals surface area (Å²) in [5, 5.41) is 0. The zero-order valence-electron chi connectivity index (χ0n) is 9.19.